The fourth-order valence-corrected chi connectivity index (χ4v) is 3.54. The van der Waals surface area contributed by atoms with Gasteiger partial charge >= 0.3 is 0 Å². The predicted molar refractivity (Wildman–Crippen MR) is 84.7 cm³/mol. The Morgan fingerprint density at radius 3 is 2.50 bits per heavy atom. The van der Waals surface area contributed by atoms with Gasteiger partial charge in [-0.1, -0.05) is 27.7 Å². The van der Waals surface area contributed by atoms with Crippen LogP contribution in [0.4, 0.5) is 0 Å². The van der Waals surface area contributed by atoms with Gasteiger partial charge in [-0.15, -0.1) is 11.3 Å². The minimum Gasteiger partial charge on any atom is -0.321 e. The average molecular weight is 294 g/mol. The molecule has 0 aliphatic carbocycles. The van der Waals surface area contributed by atoms with Gasteiger partial charge in [0, 0.05) is 16.3 Å². The van der Waals surface area contributed by atoms with E-state index in [1.807, 2.05) is 4.90 Å². The maximum absolute atomic E-state index is 12.6. The Labute approximate surface area is 126 Å². The Bertz CT molecular complexity index is 467. The van der Waals surface area contributed by atoms with E-state index in [0.29, 0.717) is 11.8 Å². The summed E-state index contributed by atoms with van der Waals surface area (Å²) in [6.07, 6.45) is 1.12. The van der Waals surface area contributed by atoms with Crippen molar-refractivity contribution in [3.63, 3.8) is 0 Å². The molecule has 1 aromatic heterocycles. The molecule has 0 radical (unpaired) electrons. The first kappa shape index (κ1) is 15.5. The number of rotatable bonds is 5. The van der Waals surface area contributed by atoms with Crippen molar-refractivity contribution >= 4 is 17.2 Å². The molecule has 0 spiro atoms. The largest absolute Gasteiger partial charge is 0.321 e. The lowest BCUT2D eigenvalue weighted by molar-refractivity contribution is -0.130. The van der Waals surface area contributed by atoms with Crippen molar-refractivity contribution in [2.45, 2.75) is 53.2 Å². The summed E-state index contributed by atoms with van der Waals surface area (Å²) in [6, 6.07) is 4.24. The number of thiophene rings is 1. The molecule has 0 saturated carbocycles. The molecule has 0 bridgehead atoms. The first-order valence-corrected chi connectivity index (χ1v) is 8.34. The zero-order valence-corrected chi connectivity index (χ0v) is 14.0. The molecule has 2 atom stereocenters. The van der Waals surface area contributed by atoms with Crippen LogP contribution in [0.25, 0.3) is 0 Å². The van der Waals surface area contributed by atoms with Crippen LogP contribution < -0.4 is 5.32 Å². The van der Waals surface area contributed by atoms with E-state index in [-0.39, 0.29) is 18.1 Å². The molecule has 1 aliphatic rings. The molecule has 1 aliphatic heterocycles. The Morgan fingerprint density at radius 1 is 1.30 bits per heavy atom. The molecule has 1 aromatic rings. The van der Waals surface area contributed by atoms with E-state index in [4.69, 9.17) is 0 Å². The summed E-state index contributed by atoms with van der Waals surface area (Å²) in [5.74, 6) is 1.21. The topological polar surface area (TPSA) is 32.3 Å². The second-order valence-electron chi connectivity index (χ2n) is 6.45. The lowest BCUT2D eigenvalue weighted by atomic mass is 10.0. The van der Waals surface area contributed by atoms with Gasteiger partial charge in [-0.3, -0.25) is 10.1 Å². The summed E-state index contributed by atoms with van der Waals surface area (Å²) in [6.45, 7) is 11.6. The van der Waals surface area contributed by atoms with Crippen molar-refractivity contribution < 1.29 is 4.79 Å². The fraction of sp³-hybridized carbons (Fsp3) is 0.688. The number of carbonyl (C=O) groups excluding carboxylic acids is 1. The van der Waals surface area contributed by atoms with Crippen LogP contribution in [0, 0.1) is 18.8 Å². The fourth-order valence-electron chi connectivity index (χ4n) is 2.59. The molecule has 112 valence electrons. The Hall–Kier alpha value is -0.870. The molecule has 4 heteroatoms. The molecule has 3 nitrogen and oxygen atoms in total. The molecular weight excluding hydrogens is 268 g/mol. The third-order valence-electron chi connectivity index (χ3n) is 3.84. The van der Waals surface area contributed by atoms with Crippen LogP contribution in [-0.2, 0) is 4.79 Å². The van der Waals surface area contributed by atoms with E-state index >= 15 is 0 Å². The zero-order valence-electron chi connectivity index (χ0n) is 13.1. The maximum Gasteiger partial charge on any atom is 0.241 e. The van der Waals surface area contributed by atoms with Crippen LogP contribution in [0.3, 0.4) is 0 Å². The van der Waals surface area contributed by atoms with Gasteiger partial charge in [0.15, 0.2) is 0 Å². The van der Waals surface area contributed by atoms with Crippen molar-refractivity contribution in [2.24, 2.45) is 11.8 Å². The first-order chi connectivity index (χ1) is 9.40. The van der Waals surface area contributed by atoms with E-state index < -0.39 is 0 Å². The molecule has 2 heterocycles. The second-order valence-corrected chi connectivity index (χ2v) is 7.77. The quantitative estimate of drug-likeness (QED) is 0.900. The normalized spacial score (nSPS) is 23.4. The van der Waals surface area contributed by atoms with Crippen molar-refractivity contribution in [1.82, 2.24) is 10.2 Å². The number of amides is 1. The summed E-state index contributed by atoms with van der Waals surface area (Å²) >= 11 is 1.78. The Kier molecular flexibility index (Phi) is 4.86. The first-order valence-electron chi connectivity index (χ1n) is 7.53. The van der Waals surface area contributed by atoms with Crippen LogP contribution in [0.15, 0.2) is 12.1 Å². The van der Waals surface area contributed by atoms with Crippen molar-refractivity contribution in [3.05, 3.63) is 21.9 Å². The molecule has 1 N–H and O–H groups in total. The van der Waals surface area contributed by atoms with Crippen LogP contribution in [0.2, 0.25) is 0 Å². The zero-order chi connectivity index (χ0) is 14.9. The maximum atomic E-state index is 12.6. The van der Waals surface area contributed by atoms with E-state index in [1.54, 1.807) is 11.3 Å². The third-order valence-corrected chi connectivity index (χ3v) is 4.90. The Balaban J connectivity index is 2.20. The molecular formula is C16H26N2OS. The molecule has 1 fully saturated rings. The molecule has 1 amide bonds. The van der Waals surface area contributed by atoms with E-state index in [9.17, 15) is 4.79 Å². The number of carbonyl (C=O) groups is 1. The van der Waals surface area contributed by atoms with Crippen molar-refractivity contribution in [3.8, 4) is 0 Å². The highest BCUT2D eigenvalue weighted by atomic mass is 32.1. The van der Waals surface area contributed by atoms with Crippen molar-refractivity contribution in [1.29, 1.82) is 0 Å². The summed E-state index contributed by atoms with van der Waals surface area (Å²) in [5.41, 5.74) is 0. The van der Waals surface area contributed by atoms with Crippen LogP contribution >= 0.6 is 11.3 Å². The second kappa shape index (κ2) is 6.27. The van der Waals surface area contributed by atoms with E-state index in [1.165, 1.54) is 9.75 Å². The van der Waals surface area contributed by atoms with Gasteiger partial charge in [0.05, 0.1) is 6.04 Å². The van der Waals surface area contributed by atoms with Gasteiger partial charge in [0.25, 0.3) is 0 Å². The SMILES string of the molecule is Cc1ccc(C2NC(C(C)C)C(=O)N2CCC(C)C)s1. The van der Waals surface area contributed by atoms with Crippen LogP contribution in [-0.4, -0.2) is 23.4 Å². The molecule has 1 saturated heterocycles. The average Bonchev–Trinajstić information content (AvgIpc) is 2.90. The highest BCUT2D eigenvalue weighted by molar-refractivity contribution is 7.12. The highest BCUT2D eigenvalue weighted by Gasteiger charge is 2.41. The molecule has 2 unspecified atom stereocenters. The lowest BCUT2D eigenvalue weighted by Crippen LogP contribution is -2.35. The molecule has 20 heavy (non-hydrogen) atoms. The van der Waals surface area contributed by atoms with Crippen molar-refractivity contribution in [2.75, 3.05) is 6.54 Å². The number of nitrogens with zero attached hydrogens (tertiary/aromatic N) is 1. The lowest BCUT2D eigenvalue weighted by Gasteiger charge is -2.24. The summed E-state index contributed by atoms with van der Waals surface area (Å²) in [5, 5.41) is 3.53. The summed E-state index contributed by atoms with van der Waals surface area (Å²) in [7, 11) is 0. The number of hydrogen-bond acceptors (Lipinski definition) is 3. The summed E-state index contributed by atoms with van der Waals surface area (Å²) < 4.78 is 0. The highest BCUT2D eigenvalue weighted by Crippen LogP contribution is 2.32. The third kappa shape index (κ3) is 3.23. The smallest absolute Gasteiger partial charge is 0.241 e. The minimum absolute atomic E-state index is 0.0467. The van der Waals surface area contributed by atoms with Crippen LogP contribution in [0.5, 0.6) is 0 Å². The standard InChI is InChI=1S/C16H26N2OS/c1-10(2)8-9-18-15(13-7-6-12(5)20-13)17-14(11(3)4)16(18)19/h6-7,10-11,14-15,17H,8-9H2,1-5H3. The predicted octanol–water partition coefficient (Wildman–Crippen LogP) is 3.56. The molecule has 2 rings (SSSR count). The Morgan fingerprint density at radius 2 is 2.00 bits per heavy atom. The van der Waals surface area contributed by atoms with Gasteiger partial charge in [-0.2, -0.15) is 0 Å². The van der Waals surface area contributed by atoms with E-state index in [2.05, 4.69) is 52.1 Å². The van der Waals surface area contributed by atoms with Gasteiger partial charge in [-0.05, 0) is 37.3 Å². The summed E-state index contributed by atoms with van der Waals surface area (Å²) in [4.78, 5) is 17.2. The van der Waals surface area contributed by atoms with Gasteiger partial charge < -0.3 is 4.90 Å². The van der Waals surface area contributed by atoms with Gasteiger partial charge in [-0.25, -0.2) is 0 Å². The van der Waals surface area contributed by atoms with Gasteiger partial charge in [0.1, 0.15) is 6.17 Å². The molecule has 0 aromatic carbocycles. The van der Waals surface area contributed by atoms with E-state index in [0.717, 1.165) is 13.0 Å². The minimum atomic E-state index is -0.0467. The van der Waals surface area contributed by atoms with Crippen LogP contribution in [0.1, 0.15) is 50.0 Å². The van der Waals surface area contributed by atoms with Gasteiger partial charge in [0.2, 0.25) is 5.91 Å². The number of aryl methyl sites for hydroxylation is 1. The number of nitrogens with one attached hydrogen (secondary N) is 1. The number of hydrogen-bond donors (Lipinski definition) is 1. The monoisotopic (exact) mass is 294 g/mol.